The highest BCUT2D eigenvalue weighted by Gasteiger charge is 2.22. The van der Waals surface area contributed by atoms with Gasteiger partial charge in [0.1, 0.15) is 5.75 Å². The molecule has 0 bridgehead atoms. The van der Waals surface area contributed by atoms with E-state index in [2.05, 4.69) is 0 Å². The Hall–Kier alpha value is -1.55. The molecule has 0 fully saturated rings. The predicted octanol–water partition coefficient (Wildman–Crippen LogP) is 2.36. The second-order valence-corrected chi connectivity index (χ2v) is 4.33. The Morgan fingerprint density at radius 3 is 2.56 bits per heavy atom. The summed E-state index contributed by atoms with van der Waals surface area (Å²) in [4.78, 5) is 11.3. The SMILES string of the molecule is COc1ccccc1CC(CC(C)OC)C(=O)O. The Labute approximate surface area is 108 Å². The standard InChI is InChI=1S/C14H20O4/c1-10(17-2)8-12(14(15)16)9-11-6-4-5-7-13(11)18-3/h4-7,10,12H,8-9H2,1-3H3,(H,15,16). The Morgan fingerprint density at radius 2 is 2.00 bits per heavy atom. The van der Waals surface area contributed by atoms with Crippen molar-refractivity contribution < 1.29 is 19.4 Å². The van der Waals surface area contributed by atoms with Gasteiger partial charge in [-0.25, -0.2) is 0 Å². The molecule has 100 valence electrons. The fourth-order valence-corrected chi connectivity index (χ4v) is 1.91. The van der Waals surface area contributed by atoms with Crippen LogP contribution in [0.4, 0.5) is 0 Å². The summed E-state index contributed by atoms with van der Waals surface area (Å²) in [7, 11) is 3.18. The first-order valence-electron chi connectivity index (χ1n) is 5.96. The second-order valence-electron chi connectivity index (χ2n) is 4.33. The lowest BCUT2D eigenvalue weighted by Gasteiger charge is -2.17. The van der Waals surface area contributed by atoms with Crippen LogP contribution in [0.1, 0.15) is 18.9 Å². The number of ether oxygens (including phenoxy) is 2. The van der Waals surface area contributed by atoms with Crippen molar-refractivity contribution in [3.63, 3.8) is 0 Å². The maximum absolute atomic E-state index is 11.3. The van der Waals surface area contributed by atoms with Crippen LogP contribution in [0.15, 0.2) is 24.3 Å². The fraction of sp³-hybridized carbons (Fsp3) is 0.500. The van der Waals surface area contributed by atoms with E-state index in [0.717, 1.165) is 11.3 Å². The van der Waals surface area contributed by atoms with Gasteiger partial charge in [0.25, 0.3) is 0 Å². The molecule has 4 nitrogen and oxygen atoms in total. The first-order valence-corrected chi connectivity index (χ1v) is 5.96. The Morgan fingerprint density at radius 1 is 1.33 bits per heavy atom. The van der Waals surface area contributed by atoms with Gasteiger partial charge in [0.2, 0.25) is 0 Å². The summed E-state index contributed by atoms with van der Waals surface area (Å²) in [5.74, 6) is -0.533. The summed E-state index contributed by atoms with van der Waals surface area (Å²) in [6.07, 6.45) is 0.873. The second kappa shape index (κ2) is 7.01. The molecule has 18 heavy (non-hydrogen) atoms. The van der Waals surface area contributed by atoms with Crippen LogP contribution in [0.3, 0.4) is 0 Å². The Bertz CT molecular complexity index is 389. The van der Waals surface area contributed by atoms with Crippen LogP contribution in [-0.2, 0) is 16.0 Å². The first kappa shape index (κ1) is 14.5. The summed E-state index contributed by atoms with van der Waals surface area (Å²) in [6, 6.07) is 7.49. The lowest BCUT2D eigenvalue weighted by Crippen LogP contribution is -2.22. The van der Waals surface area contributed by atoms with Crippen molar-refractivity contribution in [2.24, 2.45) is 5.92 Å². The molecule has 4 heteroatoms. The number of para-hydroxylation sites is 1. The maximum atomic E-state index is 11.3. The number of hydrogen-bond acceptors (Lipinski definition) is 3. The summed E-state index contributed by atoms with van der Waals surface area (Å²) in [6.45, 7) is 1.87. The average molecular weight is 252 g/mol. The molecule has 0 aliphatic carbocycles. The molecule has 0 aromatic heterocycles. The minimum atomic E-state index is -0.801. The molecular formula is C14H20O4. The molecule has 1 aromatic carbocycles. The van der Waals surface area contributed by atoms with Crippen LogP contribution in [-0.4, -0.2) is 31.4 Å². The van der Waals surface area contributed by atoms with Gasteiger partial charge in [-0.3, -0.25) is 4.79 Å². The Balaban J connectivity index is 2.80. The largest absolute Gasteiger partial charge is 0.496 e. The quantitative estimate of drug-likeness (QED) is 0.809. The highest BCUT2D eigenvalue weighted by atomic mass is 16.5. The van der Waals surface area contributed by atoms with Gasteiger partial charge >= 0.3 is 5.97 Å². The van der Waals surface area contributed by atoms with Crippen molar-refractivity contribution in [1.82, 2.24) is 0 Å². The van der Waals surface area contributed by atoms with Crippen molar-refractivity contribution in [3.8, 4) is 5.75 Å². The van der Waals surface area contributed by atoms with Crippen molar-refractivity contribution in [1.29, 1.82) is 0 Å². The van der Waals surface area contributed by atoms with E-state index in [1.165, 1.54) is 0 Å². The van der Waals surface area contributed by atoms with Crippen LogP contribution < -0.4 is 4.74 Å². The van der Waals surface area contributed by atoms with Crippen molar-refractivity contribution >= 4 is 5.97 Å². The van der Waals surface area contributed by atoms with E-state index in [4.69, 9.17) is 9.47 Å². The summed E-state index contributed by atoms with van der Waals surface area (Å²) in [5.41, 5.74) is 0.913. The van der Waals surface area contributed by atoms with Gasteiger partial charge in [-0.1, -0.05) is 18.2 Å². The van der Waals surface area contributed by atoms with Crippen molar-refractivity contribution in [3.05, 3.63) is 29.8 Å². The number of benzene rings is 1. The number of aliphatic carboxylic acids is 1. The van der Waals surface area contributed by atoms with Gasteiger partial charge in [-0.2, -0.15) is 0 Å². The number of rotatable bonds is 7. The molecule has 1 N–H and O–H groups in total. The monoisotopic (exact) mass is 252 g/mol. The van der Waals surface area contributed by atoms with Gasteiger partial charge in [-0.05, 0) is 31.4 Å². The van der Waals surface area contributed by atoms with E-state index >= 15 is 0 Å². The van der Waals surface area contributed by atoms with Gasteiger partial charge in [0, 0.05) is 7.11 Å². The molecular weight excluding hydrogens is 232 g/mol. The molecule has 0 saturated carbocycles. The van der Waals surface area contributed by atoms with Crippen LogP contribution in [0.5, 0.6) is 5.75 Å². The van der Waals surface area contributed by atoms with Gasteiger partial charge in [-0.15, -0.1) is 0 Å². The lowest BCUT2D eigenvalue weighted by molar-refractivity contribution is -0.142. The molecule has 0 radical (unpaired) electrons. The average Bonchev–Trinajstić information content (AvgIpc) is 2.38. The van der Waals surface area contributed by atoms with Crippen molar-refractivity contribution in [2.75, 3.05) is 14.2 Å². The number of carbonyl (C=O) groups is 1. The number of methoxy groups -OCH3 is 2. The molecule has 0 aliphatic rings. The highest BCUT2D eigenvalue weighted by molar-refractivity contribution is 5.70. The number of hydrogen-bond donors (Lipinski definition) is 1. The zero-order chi connectivity index (χ0) is 13.5. The third-order valence-corrected chi connectivity index (χ3v) is 3.03. The van der Waals surface area contributed by atoms with Crippen LogP contribution in [0, 0.1) is 5.92 Å². The van der Waals surface area contributed by atoms with E-state index in [-0.39, 0.29) is 6.10 Å². The predicted molar refractivity (Wildman–Crippen MR) is 68.9 cm³/mol. The third-order valence-electron chi connectivity index (χ3n) is 3.03. The normalized spacial score (nSPS) is 13.9. The van der Waals surface area contributed by atoms with E-state index < -0.39 is 11.9 Å². The smallest absolute Gasteiger partial charge is 0.306 e. The molecule has 0 amide bonds. The Kier molecular flexibility index (Phi) is 5.65. The third kappa shape index (κ3) is 4.04. The van der Waals surface area contributed by atoms with Crippen LogP contribution in [0.25, 0.3) is 0 Å². The number of carboxylic acids is 1. The molecule has 2 unspecified atom stereocenters. The molecule has 1 aromatic rings. The molecule has 0 heterocycles. The van der Waals surface area contributed by atoms with E-state index in [1.54, 1.807) is 14.2 Å². The van der Waals surface area contributed by atoms with E-state index in [1.807, 2.05) is 31.2 Å². The zero-order valence-electron chi connectivity index (χ0n) is 11.1. The zero-order valence-corrected chi connectivity index (χ0v) is 11.1. The first-order chi connectivity index (χ1) is 8.58. The summed E-state index contributed by atoms with van der Waals surface area (Å²) >= 11 is 0. The van der Waals surface area contributed by atoms with Gasteiger partial charge in [0.05, 0.1) is 19.1 Å². The lowest BCUT2D eigenvalue weighted by atomic mass is 9.93. The minimum Gasteiger partial charge on any atom is -0.496 e. The fourth-order valence-electron chi connectivity index (χ4n) is 1.91. The van der Waals surface area contributed by atoms with Crippen molar-refractivity contribution in [2.45, 2.75) is 25.9 Å². The maximum Gasteiger partial charge on any atom is 0.306 e. The van der Waals surface area contributed by atoms with E-state index in [0.29, 0.717) is 12.8 Å². The van der Waals surface area contributed by atoms with Gasteiger partial charge in [0.15, 0.2) is 0 Å². The summed E-state index contributed by atoms with van der Waals surface area (Å²) < 4.78 is 10.4. The van der Waals surface area contributed by atoms with Crippen LogP contribution in [0.2, 0.25) is 0 Å². The highest BCUT2D eigenvalue weighted by Crippen LogP contribution is 2.23. The molecule has 0 spiro atoms. The van der Waals surface area contributed by atoms with Gasteiger partial charge < -0.3 is 14.6 Å². The van der Waals surface area contributed by atoms with E-state index in [9.17, 15) is 9.90 Å². The number of carboxylic acid groups (broad SMARTS) is 1. The molecule has 2 atom stereocenters. The molecule has 0 saturated heterocycles. The van der Waals surface area contributed by atoms with Crippen LogP contribution >= 0.6 is 0 Å². The molecule has 0 aliphatic heterocycles. The minimum absolute atomic E-state index is 0.0687. The topological polar surface area (TPSA) is 55.8 Å². The molecule has 1 rings (SSSR count). The summed E-state index contributed by atoms with van der Waals surface area (Å²) in [5, 5.41) is 9.25.